The van der Waals surface area contributed by atoms with Crippen molar-refractivity contribution in [1.29, 1.82) is 0 Å². The smallest absolute Gasteiger partial charge is 0.272 e. The third kappa shape index (κ3) is 3.52. The highest BCUT2D eigenvalue weighted by atomic mass is 16.6. The van der Waals surface area contributed by atoms with E-state index in [0.717, 1.165) is 24.2 Å². The zero-order valence-corrected chi connectivity index (χ0v) is 11.6. The molecular formula is C14H21N3O2. The summed E-state index contributed by atoms with van der Waals surface area (Å²) in [6, 6.07) is 5.27. The van der Waals surface area contributed by atoms with Crippen LogP contribution in [0.3, 0.4) is 0 Å². The molecule has 0 saturated carbocycles. The molecule has 0 bridgehead atoms. The molecular weight excluding hydrogens is 242 g/mol. The Morgan fingerprint density at radius 3 is 2.95 bits per heavy atom. The van der Waals surface area contributed by atoms with Crippen LogP contribution in [0.1, 0.15) is 17.5 Å². The number of nitro benzene ring substituents is 1. The number of rotatable bonds is 5. The fraction of sp³-hybridized carbons (Fsp3) is 0.571. The Bertz CT molecular complexity index is 462. The van der Waals surface area contributed by atoms with Gasteiger partial charge in [0.25, 0.3) is 5.69 Å². The van der Waals surface area contributed by atoms with Gasteiger partial charge in [-0.05, 0) is 45.0 Å². The van der Waals surface area contributed by atoms with E-state index in [4.69, 9.17) is 0 Å². The van der Waals surface area contributed by atoms with Crippen LogP contribution in [-0.2, 0) is 6.54 Å². The summed E-state index contributed by atoms with van der Waals surface area (Å²) in [5.74, 6) is 0.698. The summed E-state index contributed by atoms with van der Waals surface area (Å²) in [5, 5.41) is 14.3. The molecule has 1 fully saturated rings. The fourth-order valence-electron chi connectivity index (χ4n) is 2.66. The third-order valence-corrected chi connectivity index (χ3v) is 3.85. The van der Waals surface area contributed by atoms with Gasteiger partial charge in [-0.15, -0.1) is 0 Å². The summed E-state index contributed by atoms with van der Waals surface area (Å²) in [7, 11) is 2.14. The van der Waals surface area contributed by atoms with Crippen molar-refractivity contribution in [2.24, 2.45) is 5.92 Å². The van der Waals surface area contributed by atoms with E-state index in [2.05, 4.69) is 17.3 Å². The topological polar surface area (TPSA) is 58.4 Å². The van der Waals surface area contributed by atoms with Crippen molar-refractivity contribution < 1.29 is 4.92 Å². The maximum Gasteiger partial charge on any atom is 0.272 e. The van der Waals surface area contributed by atoms with E-state index in [-0.39, 0.29) is 10.6 Å². The van der Waals surface area contributed by atoms with Crippen LogP contribution in [0.15, 0.2) is 18.2 Å². The minimum absolute atomic E-state index is 0.208. The van der Waals surface area contributed by atoms with Gasteiger partial charge in [-0.3, -0.25) is 10.1 Å². The summed E-state index contributed by atoms with van der Waals surface area (Å²) < 4.78 is 0. The van der Waals surface area contributed by atoms with Crippen LogP contribution >= 0.6 is 0 Å². The lowest BCUT2D eigenvalue weighted by Gasteiger charge is -2.12. The van der Waals surface area contributed by atoms with E-state index in [1.54, 1.807) is 12.1 Å². The highest BCUT2D eigenvalue weighted by Gasteiger charge is 2.19. The molecule has 1 atom stereocenters. The van der Waals surface area contributed by atoms with Gasteiger partial charge in [0.1, 0.15) is 0 Å². The van der Waals surface area contributed by atoms with Gasteiger partial charge >= 0.3 is 0 Å². The lowest BCUT2D eigenvalue weighted by molar-refractivity contribution is -0.385. The summed E-state index contributed by atoms with van der Waals surface area (Å²) in [6.45, 7) is 5.81. The third-order valence-electron chi connectivity index (χ3n) is 3.85. The van der Waals surface area contributed by atoms with Gasteiger partial charge in [-0.1, -0.05) is 12.1 Å². The number of likely N-dealkylation sites (tertiary alicyclic amines) is 1. The fourth-order valence-corrected chi connectivity index (χ4v) is 2.66. The molecule has 1 aliphatic rings. The lowest BCUT2D eigenvalue weighted by Crippen LogP contribution is -2.25. The molecule has 1 saturated heterocycles. The molecule has 1 N–H and O–H groups in total. The first-order chi connectivity index (χ1) is 9.08. The number of benzene rings is 1. The van der Waals surface area contributed by atoms with Gasteiger partial charge in [0.15, 0.2) is 0 Å². The normalized spacial score (nSPS) is 19.8. The number of nitrogens with zero attached hydrogens (tertiary/aromatic N) is 2. The molecule has 19 heavy (non-hydrogen) atoms. The van der Waals surface area contributed by atoms with Gasteiger partial charge in [-0.25, -0.2) is 0 Å². The summed E-state index contributed by atoms with van der Waals surface area (Å²) in [6.07, 6.45) is 1.23. The molecule has 2 rings (SSSR count). The molecule has 5 heteroatoms. The van der Waals surface area contributed by atoms with Gasteiger partial charge in [0.05, 0.1) is 4.92 Å². The van der Waals surface area contributed by atoms with Crippen molar-refractivity contribution in [3.05, 3.63) is 39.4 Å². The highest BCUT2D eigenvalue weighted by Crippen LogP contribution is 2.21. The van der Waals surface area contributed by atoms with Gasteiger partial charge in [-0.2, -0.15) is 0 Å². The Hall–Kier alpha value is -1.46. The lowest BCUT2D eigenvalue weighted by atomic mass is 10.1. The van der Waals surface area contributed by atoms with Crippen molar-refractivity contribution in [1.82, 2.24) is 10.2 Å². The van der Waals surface area contributed by atoms with Gasteiger partial charge in [0, 0.05) is 24.7 Å². The first-order valence-corrected chi connectivity index (χ1v) is 6.70. The van der Waals surface area contributed by atoms with E-state index >= 15 is 0 Å². The van der Waals surface area contributed by atoms with E-state index in [9.17, 15) is 10.1 Å². The Kier molecular flexibility index (Phi) is 4.50. The van der Waals surface area contributed by atoms with Crippen LogP contribution in [0.4, 0.5) is 5.69 Å². The number of nitrogens with one attached hydrogen (secondary N) is 1. The van der Waals surface area contributed by atoms with E-state index in [1.165, 1.54) is 13.0 Å². The van der Waals surface area contributed by atoms with Gasteiger partial charge in [0.2, 0.25) is 0 Å². The molecule has 0 radical (unpaired) electrons. The SMILES string of the molecule is Cc1c(CNCC2CCN(C)C2)cccc1[N+](=O)[O-]. The average molecular weight is 263 g/mol. The molecule has 1 heterocycles. The first kappa shape index (κ1) is 14.0. The number of hydrogen-bond acceptors (Lipinski definition) is 4. The summed E-state index contributed by atoms with van der Waals surface area (Å²) >= 11 is 0. The Morgan fingerprint density at radius 2 is 2.32 bits per heavy atom. The maximum absolute atomic E-state index is 10.9. The average Bonchev–Trinajstić information content (AvgIpc) is 2.77. The Balaban J connectivity index is 1.89. The van der Waals surface area contributed by atoms with Gasteiger partial charge < -0.3 is 10.2 Å². The minimum atomic E-state index is -0.315. The molecule has 5 nitrogen and oxygen atoms in total. The van der Waals surface area contributed by atoms with E-state index < -0.39 is 0 Å². The van der Waals surface area contributed by atoms with Crippen LogP contribution in [0, 0.1) is 23.0 Å². The molecule has 104 valence electrons. The Morgan fingerprint density at radius 1 is 1.53 bits per heavy atom. The van der Waals surface area contributed by atoms with Crippen molar-refractivity contribution in [2.75, 3.05) is 26.7 Å². The summed E-state index contributed by atoms with van der Waals surface area (Å²) in [4.78, 5) is 12.9. The molecule has 0 amide bonds. The number of nitro groups is 1. The maximum atomic E-state index is 10.9. The predicted molar refractivity (Wildman–Crippen MR) is 75.1 cm³/mol. The van der Waals surface area contributed by atoms with Crippen molar-refractivity contribution in [3.63, 3.8) is 0 Å². The van der Waals surface area contributed by atoms with Crippen LogP contribution in [0.2, 0.25) is 0 Å². The highest BCUT2D eigenvalue weighted by molar-refractivity contribution is 5.44. The van der Waals surface area contributed by atoms with Crippen LogP contribution in [-0.4, -0.2) is 36.5 Å². The zero-order valence-electron chi connectivity index (χ0n) is 11.6. The monoisotopic (exact) mass is 263 g/mol. The van der Waals surface area contributed by atoms with Crippen LogP contribution < -0.4 is 5.32 Å². The molecule has 1 aromatic carbocycles. The first-order valence-electron chi connectivity index (χ1n) is 6.70. The second kappa shape index (κ2) is 6.12. The van der Waals surface area contributed by atoms with Crippen LogP contribution in [0.25, 0.3) is 0 Å². The standard InChI is InChI=1S/C14H21N3O2/c1-11-13(4-3-5-14(11)17(18)19)9-15-8-12-6-7-16(2)10-12/h3-5,12,15H,6-10H2,1-2H3. The molecule has 0 spiro atoms. The number of hydrogen-bond donors (Lipinski definition) is 1. The Labute approximate surface area is 113 Å². The minimum Gasteiger partial charge on any atom is -0.312 e. The molecule has 0 aromatic heterocycles. The largest absolute Gasteiger partial charge is 0.312 e. The second-order valence-corrected chi connectivity index (χ2v) is 5.37. The quantitative estimate of drug-likeness (QED) is 0.651. The van der Waals surface area contributed by atoms with Crippen LogP contribution in [0.5, 0.6) is 0 Å². The van der Waals surface area contributed by atoms with Crippen molar-refractivity contribution >= 4 is 5.69 Å². The van der Waals surface area contributed by atoms with E-state index in [1.807, 2.05) is 13.0 Å². The van der Waals surface area contributed by atoms with E-state index in [0.29, 0.717) is 12.5 Å². The summed E-state index contributed by atoms with van der Waals surface area (Å²) in [5.41, 5.74) is 1.99. The second-order valence-electron chi connectivity index (χ2n) is 5.37. The van der Waals surface area contributed by atoms with Crippen molar-refractivity contribution in [3.8, 4) is 0 Å². The molecule has 1 aromatic rings. The zero-order chi connectivity index (χ0) is 13.8. The van der Waals surface area contributed by atoms with Crippen molar-refractivity contribution in [2.45, 2.75) is 19.9 Å². The predicted octanol–water partition coefficient (Wildman–Crippen LogP) is 1.94. The molecule has 1 unspecified atom stereocenters. The molecule has 1 aliphatic heterocycles. The molecule has 0 aliphatic carbocycles.